The number of ether oxygens (including phenoxy) is 2. The van der Waals surface area contributed by atoms with E-state index in [0.717, 1.165) is 11.1 Å². The number of hydrogen-bond donors (Lipinski definition) is 0. The molecular weight excluding hydrogens is 406 g/mol. The van der Waals surface area contributed by atoms with E-state index in [4.69, 9.17) is 9.47 Å². The average Bonchev–Trinajstić information content (AvgIpc) is 2.80. The quantitative estimate of drug-likeness (QED) is 0.374. The van der Waals surface area contributed by atoms with Gasteiger partial charge in [-0.25, -0.2) is 4.79 Å². The largest absolute Gasteiger partial charge is 0.463 e. The maximum absolute atomic E-state index is 13.0. The highest BCUT2D eigenvalue weighted by Gasteiger charge is 2.21. The summed E-state index contributed by atoms with van der Waals surface area (Å²) >= 11 is 0. The fourth-order valence-electron chi connectivity index (χ4n) is 2.92. The second-order valence-corrected chi connectivity index (χ2v) is 7.07. The van der Waals surface area contributed by atoms with Gasteiger partial charge in [0.15, 0.2) is 5.78 Å². The van der Waals surface area contributed by atoms with E-state index in [9.17, 15) is 14.4 Å². The van der Waals surface area contributed by atoms with E-state index in [-0.39, 0.29) is 31.4 Å². The summed E-state index contributed by atoms with van der Waals surface area (Å²) in [6.45, 7) is 4.18. The smallest absolute Gasteiger partial charge is 0.330 e. The predicted octanol–water partition coefficient (Wildman–Crippen LogP) is 3.87. The summed E-state index contributed by atoms with van der Waals surface area (Å²) in [6.07, 6.45) is 5.39. The summed E-state index contributed by atoms with van der Waals surface area (Å²) in [5, 5.41) is 0. The van der Waals surface area contributed by atoms with Crippen LogP contribution in [0.1, 0.15) is 25.0 Å². The molecule has 1 atom stereocenters. The Balaban J connectivity index is 2.26. The van der Waals surface area contributed by atoms with Crippen LogP contribution in [-0.2, 0) is 37.0 Å². The second-order valence-electron chi connectivity index (χ2n) is 7.07. The fraction of sp³-hybridized carbons (Fsp3) is 0.269. The minimum atomic E-state index is -0.549. The van der Waals surface area contributed by atoms with Crippen molar-refractivity contribution in [3.63, 3.8) is 0 Å². The number of amides is 1. The number of carbonyl (C=O) groups is 3. The van der Waals surface area contributed by atoms with E-state index in [2.05, 4.69) is 0 Å². The Morgan fingerprint density at radius 1 is 0.906 bits per heavy atom. The molecule has 0 spiro atoms. The topological polar surface area (TPSA) is 72.9 Å². The van der Waals surface area contributed by atoms with Crippen molar-refractivity contribution in [1.82, 2.24) is 4.90 Å². The van der Waals surface area contributed by atoms with E-state index in [1.807, 2.05) is 60.7 Å². The SMILES string of the molecule is CCOC(=O)/C=C/[C@H](COCc1ccccc1)N(Cc1ccccc1)C(=O)/C=C/C(C)=O. The number of nitrogens with zero attached hydrogens (tertiary/aromatic N) is 1. The summed E-state index contributed by atoms with van der Waals surface area (Å²) in [7, 11) is 0. The van der Waals surface area contributed by atoms with Gasteiger partial charge in [0.05, 0.1) is 25.9 Å². The highest BCUT2D eigenvalue weighted by Crippen LogP contribution is 2.13. The summed E-state index contributed by atoms with van der Waals surface area (Å²) in [5.74, 6) is -1.07. The first kappa shape index (κ1) is 24.8. The van der Waals surface area contributed by atoms with Gasteiger partial charge in [-0.05, 0) is 31.1 Å². The third-order valence-electron chi connectivity index (χ3n) is 4.48. The number of rotatable bonds is 12. The van der Waals surface area contributed by atoms with E-state index in [0.29, 0.717) is 6.61 Å². The van der Waals surface area contributed by atoms with Crippen molar-refractivity contribution in [1.29, 1.82) is 0 Å². The first-order chi connectivity index (χ1) is 15.5. The van der Waals surface area contributed by atoms with Crippen LogP contribution >= 0.6 is 0 Å². The molecule has 6 nitrogen and oxygen atoms in total. The first-order valence-electron chi connectivity index (χ1n) is 10.5. The molecule has 0 saturated carbocycles. The molecule has 6 heteroatoms. The molecule has 0 N–H and O–H groups in total. The number of benzene rings is 2. The second kappa shape index (κ2) is 13.7. The third kappa shape index (κ3) is 9.10. The molecule has 0 aliphatic rings. The standard InChI is InChI=1S/C26H29NO5/c1-3-32-26(30)17-15-24(20-31-19-23-12-8-5-9-13-23)27(25(29)16-14-21(2)28)18-22-10-6-4-7-11-22/h4-17,24H,3,18-20H2,1-2H3/b16-14+,17-15+/t24-/m1/s1. The number of ketones is 1. The van der Waals surface area contributed by atoms with Crippen LogP contribution < -0.4 is 0 Å². The molecule has 0 heterocycles. The van der Waals surface area contributed by atoms with Crippen molar-refractivity contribution in [3.05, 3.63) is 96.1 Å². The van der Waals surface area contributed by atoms with Gasteiger partial charge in [-0.15, -0.1) is 0 Å². The minimum Gasteiger partial charge on any atom is -0.463 e. The molecule has 2 aromatic carbocycles. The summed E-state index contributed by atoms with van der Waals surface area (Å²) in [6, 6.07) is 18.6. The molecule has 0 aromatic heterocycles. The molecule has 1 amide bonds. The summed E-state index contributed by atoms with van der Waals surface area (Å²) < 4.78 is 10.9. The zero-order valence-electron chi connectivity index (χ0n) is 18.5. The van der Waals surface area contributed by atoms with Gasteiger partial charge < -0.3 is 14.4 Å². The molecule has 168 valence electrons. The van der Waals surface area contributed by atoms with Crippen LogP contribution in [0.4, 0.5) is 0 Å². The molecule has 0 radical (unpaired) electrons. The van der Waals surface area contributed by atoms with Gasteiger partial charge >= 0.3 is 5.97 Å². The number of esters is 1. The Morgan fingerprint density at radius 3 is 2.12 bits per heavy atom. The van der Waals surface area contributed by atoms with E-state index in [1.165, 1.54) is 25.2 Å². The molecule has 0 fully saturated rings. The molecule has 0 aliphatic heterocycles. The van der Waals surface area contributed by atoms with Crippen molar-refractivity contribution in [2.75, 3.05) is 13.2 Å². The van der Waals surface area contributed by atoms with Crippen LogP contribution in [0.15, 0.2) is 85.0 Å². The van der Waals surface area contributed by atoms with Crippen LogP contribution in [0.5, 0.6) is 0 Å². The number of hydrogen-bond acceptors (Lipinski definition) is 5. The van der Waals surface area contributed by atoms with Gasteiger partial charge in [-0.2, -0.15) is 0 Å². The minimum absolute atomic E-state index is 0.164. The Bertz CT molecular complexity index is 922. The average molecular weight is 436 g/mol. The maximum Gasteiger partial charge on any atom is 0.330 e. The van der Waals surface area contributed by atoms with E-state index in [1.54, 1.807) is 17.9 Å². The molecule has 0 saturated heterocycles. The summed E-state index contributed by atoms with van der Waals surface area (Å²) in [5.41, 5.74) is 1.91. The summed E-state index contributed by atoms with van der Waals surface area (Å²) in [4.78, 5) is 37.8. The van der Waals surface area contributed by atoms with Crippen molar-refractivity contribution in [2.45, 2.75) is 33.0 Å². The van der Waals surface area contributed by atoms with Gasteiger partial charge in [0.2, 0.25) is 5.91 Å². The normalized spacial score (nSPS) is 12.1. The molecule has 0 aliphatic carbocycles. The zero-order valence-corrected chi connectivity index (χ0v) is 18.5. The van der Waals surface area contributed by atoms with Gasteiger partial charge in [0.1, 0.15) is 0 Å². The zero-order chi connectivity index (χ0) is 23.2. The maximum atomic E-state index is 13.0. The van der Waals surface area contributed by atoms with Crippen LogP contribution in [-0.4, -0.2) is 41.8 Å². The Hall–Kier alpha value is -3.51. The van der Waals surface area contributed by atoms with Crippen LogP contribution in [0, 0.1) is 0 Å². The highest BCUT2D eigenvalue weighted by atomic mass is 16.5. The predicted molar refractivity (Wildman–Crippen MR) is 122 cm³/mol. The van der Waals surface area contributed by atoms with E-state index < -0.39 is 12.0 Å². The highest BCUT2D eigenvalue weighted by molar-refractivity contribution is 5.96. The third-order valence-corrected chi connectivity index (χ3v) is 4.48. The number of allylic oxidation sites excluding steroid dienone is 1. The Morgan fingerprint density at radius 2 is 1.53 bits per heavy atom. The van der Waals surface area contributed by atoms with Gasteiger partial charge in [-0.1, -0.05) is 66.7 Å². The fourth-order valence-corrected chi connectivity index (χ4v) is 2.92. The van der Waals surface area contributed by atoms with Gasteiger partial charge in [0, 0.05) is 18.7 Å². The number of carbonyl (C=O) groups excluding carboxylic acids is 3. The van der Waals surface area contributed by atoms with Crippen molar-refractivity contribution >= 4 is 17.7 Å². The van der Waals surface area contributed by atoms with Crippen molar-refractivity contribution in [2.24, 2.45) is 0 Å². The van der Waals surface area contributed by atoms with Gasteiger partial charge in [0.25, 0.3) is 0 Å². The monoisotopic (exact) mass is 435 g/mol. The van der Waals surface area contributed by atoms with Crippen molar-refractivity contribution < 1.29 is 23.9 Å². The molecule has 0 bridgehead atoms. The van der Waals surface area contributed by atoms with E-state index >= 15 is 0 Å². The molecular formula is C26H29NO5. The molecule has 2 rings (SSSR count). The lowest BCUT2D eigenvalue weighted by Crippen LogP contribution is -2.41. The molecule has 2 aromatic rings. The lowest BCUT2D eigenvalue weighted by atomic mass is 10.1. The Kier molecular flexibility index (Phi) is 10.6. The molecule has 0 unspecified atom stereocenters. The lowest BCUT2D eigenvalue weighted by molar-refractivity contribution is -0.137. The Labute approximate surface area is 189 Å². The lowest BCUT2D eigenvalue weighted by Gasteiger charge is -2.29. The van der Waals surface area contributed by atoms with Crippen molar-refractivity contribution in [3.8, 4) is 0 Å². The van der Waals surface area contributed by atoms with Crippen LogP contribution in [0.2, 0.25) is 0 Å². The van der Waals surface area contributed by atoms with Gasteiger partial charge in [-0.3, -0.25) is 9.59 Å². The first-order valence-corrected chi connectivity index (χ1v) is 10.5. The van der Waals surface area contributed by atoms with Crippen LogP contribution in [0.3, 0.4) is 0 Å². The molecule has 32 heavy (non-hydrogen) atoms. The van der Waals surface area contributed by atoms with Crippen LogP contribution in [0.25, 0.3) is 0 Å².